The maximum Gasteiger partial charge on any atom is 0.251 e. The highest BCUT2D eigenvalue weighted by molar-refractivity contribution is 14.1. The maximum atomic E-state index is 11.9. The van der Waals surface area contributed by atoms with Crippen molar-refractivity contribution in [3.8, 4) is 5.75 Å². The number of phenolic OH excluding ortho intramolecular Hbond substituents is 1. The Bertz CT molecular complexity index is 462. The highest BCUT2D eigenvalue weighted by Crippen LogP contribution is 2.20. The lowest BCUT2D eigenvalue weighted by Gasteiger charge is -2.27. The highest BCUT2D eigenvalue weighted by Gasteiger charge is 2.10. The van der Waals surface area contributed by atoms with Crippen molar-refractivity contribution in [2.24, 2.45) is 0 Å². The van der Waals surface area contributed by atoms with E-state index in [1.165, 1.54) is 6.07 Å². The van der Waals surface area contributed by atoms with Crippen LogP contribution in [0, 0.1) is 3.57 Å². The summed E-state index contributed by atoms with van der Waals surface area (Å²) in [6.07, 6.45) is 0.947. The van der Waals surface area contributed by atoms with Crippen molar-refractivity contribution in [3.63, 3.8) is 0 Å². The fourth-order valence-corrected chi connectivity index (χ4v) is 2.53. The molecule has 1 aliphatic heterocycles. The topological polar surface area (TPSA) is 64.6 Å². The van der Waals surface area contributed by atoms with Gasteiger partial charge in [-0.3, -0.25) is 4.79 Å². The fraction of sp³-hybridized carbons (Fsp3) is 0.500. The standard InChI is InChI=1S/C14H20IN3O2/c15-12-3-2-11(10-13(12)19)14(20)17-4-1-7-18-8-5-16-6-9-18/h2-3,10,16,19H,1,4-9H2,(H,17,20). The Morgan fingerprint density at radius 3 is 2.85 bits per heavy atom. The second kappa shape index (κ2) is 7.80. The summed E-state index contributed by atoms with van der Waals surface area (Å²) >= 11 is 2.03. The van der Waals surface area contributed by atoms with Crippen molar-refractivity contribution in [1.29, 1.82) is 0 Å². The van der Waals surface area contributed by atoms with Gasteiger partial charge in [-0.2, -0.15) is 0 Å². The van der Waals surface area contributed by atoms with Crippen molar-refractivity contribution < 1.29 is 9.90 Å². The van der Waals surface area contributed by atoms with E-state index in [9.17, 15) is 9.90 Å². The second-order valence-electron chi connectivity index (χ2n) is 4.87. The average molecular weight is 389 g/mol. The van der Waals surface area contributed by atoms with Gasteiger partial charge in [0.15, 0.2) is 0 Å². The lowest BCUT2D eigenvalue weighted by molar-refractivity contribution is 0.0951. The summed E-state index contributed by atoms with van der Waals surface area (Å²) in [7, 11) is 0. The van der Waals surface area contributed by atoms with Gasteiger partial charge in [0, 0.05) is 38.3 Å². The number of carbonyl (C=O) groups is 1. The van der Waals surface area contributed by atoms with Crippen LogP contribution in [0.1, 0.15) is 16.8 Å². The molecule has 20 heavy (non-hydrogen) atoms. The van der Waals surface area contributed by atoms with Gasteiger partial charge in [0.05, 0.1) is 3.57 Å². The quantitative estimate of drug-likeness (QED) is 0.520. The molecule has 110 valence electrons. The molecular formula is C14H20IN3O2. The molecule has 0 radical (unpaired) electrons. The zero-order valence-corrected chi connectivity index (χ0v) is 13.5. The van der Waals surface area contributed by atoms with Crippen molar-refractivity contribution >= 4 is 28.5 Å². The summed E-state index contributed by atoms with van der Waals surface area (Å²) in [5.74, 6) is 0.0241. The monoisotopic (exact) mass is 389 g/mol. The molecule has 1 saturated heterocycles. The normalized spacial score (nSPS) is 16.1. The highest BCUT2D eigenvalue weighted by atomic mass is 127. The zero-order valence-electron chi connectivity index (χ0n) is 11.4. The third-order valence-electron chi connectivity index (χ3n) is 3.35. The Morgan fingerprint density at radius 2 is 2.15 bits per heavy atom. The Kier molecular flexibility index (Phi) is 6.06. The number of aromatic hydroxyl groups is 1. The molecule has 1 fully saturated rings. The lowest BCUT2D eigenvalue weighted by Crippen LogP contribution is -2.44. The van der Waals surface area contributed by atoms with Gasteiger partial charge in [0.2, 0.25) is 0 Å². The number of rotatable bonds is 5. The van der Waals surface area contributed by atoms with E-state index in [4.69, 9.17) is 0 Å². The minimum absolute atomic E-state index is 0.128. The number of halogens is 1. The number of hydrogen-bond donors (Lipinski definition) is 3. The first-order valence-corrected chi connectivity index (χ1v) is 7.94. The number of benzene rings is 1. The molecule has 1 aromatic rings. The van der Waals surface area contributed by atoms with Gasteiger partial charge in [-0.15, -0.1) is 0 Å². The maximum absolute atomic E-state index is 11.9. The molecule has 0 spiro atoms. The number of nitrogens with zero attached hydrogens (tertiary/aromatic N) is 1. The number of phenols is 1. The largest absolute Gasteiger partial charge is 0.507 e. The predicted octanol–water partition coefficient (Wildman–Crippen LogP) is 1.02. The van der Waals surface area contributed by atoms with Gasteiger partial charge in [-0.05, 0) is 53.8 Å². The molecule has 1 aliphatic rings. The number of piperazine rings is 1. The second-order valence-corrected chi connectivity index (χ2v) is 6.03. The molecule has 0 aromatic heterocycles. The van der Waals surface area contributed by atoms with Crippen LogP contribution in [-0.4, -0.2) is 55.2 Å². The molecule has 1 aromatic carbocycles. The lowest BCUT2D eigenvalue weighted by atomic mass is 10.2. The summed E-state index contributed by atoms with van der Waals surface area (Å²) in [6.45, 7) is 5.94. The molecule has 0 bridgehead atoms. The Morgan fingerprint density at radius 1 is 1.40 bits per heavy atom. The van der Waals surface area contributed by atoms with Gasteiger partial charge in [-0.1, -0.05) is 0 Å². The van der Waals surface area contributed by atoms with E-state index in [0.29, 0.717) is 12.1 Å². The fourth-order valence-electron chi connectivity index (χ4n) is 2.20. The molecule has 1 amide bonds. The van der Waals surface area contributed by atoms with Gasteiger partial charge in [0.25, 0.3) is 5.91 Å². The van der Waals surface area contributed by atoms with Crippen LogP contribution in [0.15, 0.2) is 18.2 Å². The van der Waals surface area contributed by atoms with Gasteiger partial charge in [0.1, 0.15) is 5.75 Å². The van der Waals surface area contributed by atoms with E-state index in [-0.39, 0.29) is 11.7 Å². The molecule has 0 saturated carbocycles. The van der Waals surface area contributed by atoms with Crippen molar-refractivity contribution in [1.82, 2.24) is 15.5 Å². The summed E-state index contributed by atoms with van der Waals surface area (Å²) in [4.78, 5) is 14.3. The average Bonchev–Trinajstić information content (AvgIpc) is 2.47. The smallest absolute Gasteiger partial charge is 0.251 e. The van der Waals surface area contributed by atoms with E-state index in [2.05, 4.69) is 15.5 Å². The summed E-state index contributed by atoms with van der Waals surface area (Å²) in [6, 6.07) is 4.98. The molecular weight excluding hydrogens is 369 g/mol. The van der Waals surface area contributed by atoms with Crippen LogP contribution >= 0.6 is 22.6 Å². The minimum Gasteiger partial charge on any atom is -0.507 e. The van der Waals surface area contributed by atoms with Crippen LogP contribution in [0.5, 0.6) is 5.75 Å². The Labute approximate surface area is 132 Å². The van der Waals surface area contributed by atoms with E-state index in [1.807, 2.05) is 22.6 Å². The van der Waals surface area contributed by atoms with Crippen LogP contribution in [0.4, 0.5) is 0 Å². The number of amides is 1. The van der Waals surface area contributed by atoms with Gasteiger partial charge < -0.3 is 20.6 Å². The van der Waals surface area contributed by atoms with Crippen molar-refractivity contribution in [2.45, 2.75) is 6.42 Å². The van der Waals surface area contributed by atoms with Crippen LogP contribution in [-0.2, 0) is 0 Å². The Balaban J connectivity index is 1.70. The first kappa shape index (κ1) is 15.5. The first-order chi connectivity index (χ1) is 9.66. The Hall–Kier alpha value is -0.860. The molecule has 6 heteroatoms. The van der Waals surface area contributed by atoms with E-state index in [0.717, 1.165) is 42.7 Å². The molecule has 0 atom stereocenters. The number of nitrogens with one attached hydrogen (secondary N) is 2. The summed E-state index contributed by atoms with van der Waals surface area (Å²) in [5.41, 5.74) is 0.505. The van der Waals surface area contributed by atoms with Crippen molar-refractivity contribution in [3.05, 3.63) is 27.3 Å². The van der Waals surface area contributed by atoms with Crippen LogP contribution in [0.3, 0.4) is 0 Å². The third kappa shape index (κ3) is 4.60. The predicted molar refractivity (Wildman–Crippen MR) is 87.1 cm³/mol. The first-order valence-electron chi connectivity index (χ1n) is 6.86. The van der Waals surface area contributed by atoms with E-state index >= 15 is 0 Å². The summed E-state index contributed by atoms with van der Waals surface area (Å²) in [5, 5.41) is 15.8. The molecule has 5 nitrogen and oxygen atoms in total. The SMILES string of the molecule is O=C(NCCCN1CCNCC1)c1ccc(I)c(O)c1. The van der Waals surface area contributed by atoms with E-state index < -0.39 is 0 Å². The van der Waals surface area contributed by atoms with Crippen LogP contribution < -0.4 is 10.6 Å². The van der Waals surface area contributed by atoms with E-state index in [1.54, 1.807) is 12.1 Å². The molecule has 0 unspecified atom stereocenters. The van der Waals surface area contributed by atoms with Gasteiger partial charge >= 0.3 is 0 Å². The van der Waals surface area contributed by atoms with Crippen LogP contribution in [0.25, 0.3) is 0 Å². The van der Waals surface area contributed by atoms with Crippen LogP contribution in [0.2, 0.25) is 0 Å². The molecule has 3 N–H and O–H groups in total. The third-order valence-corrected chi connectivity index (χ3v) is 4.27. The van der Waals surface area contributed by atoms with Crippen molar-refractivity contribution in [2.75, 3.05) is 39.3 Å². The number of carbonyl (C=O) groups excluding carboxylic acids is 1. The van der Waals surface area contributed by atoms with Gasteiger partial charge in [-0.25, -0.2) is 0 Å². The molecule has 0 aliphatic carbocycles. The number of hydrogen-bond acceptors (Lipinski definition) is 4. The zero-order chi connectivity index (χ0) is 14.4. The molecule has 2 rings (SSSR count). The molecule has 1 heterocycles. The summed E-state index contributed by atoms with van der Waals surface area (Å²) < 4.78 is 0.748. The minimum atomic E-state index is -0.128.